The van der Waals surface area contributed by atoms with Gasteiger partial charge in [-0.3, -0.25) is 0 Å². The molecule has 5 heteroatoms. The van der Waals surface area contributed by atoms with Crippen molar-refractivity contribution in [2.24, 2.45) is 0 Å². The molecule has 1 heterocycles. The van der Waals surface area contributed by atoms with Gasteiger partial charge in [0.2, 0.25) is 5.76 Å². The number of thioether (sulfide) groups is 1. The van der Waals surface area contributed by atoms with E-state index >= 15 is 0 Å². The molecule has 2 aromatic rings. The van der Waals surface area contributed by atoms with Gasteiger partial charge in [-0.2, -0.15) is 0 Å². The first-order valence-corrected chi connectivity index (χ1v) is 6.06. The Morgan fingerprint density at radius 1 is 1.24 bits per heavy atom. The summed E-state index contributed by atoms with van der Waals surface area (Å²) in [7, 11) is 0. The van der Waals surface area contributed by atoms with E-state index < -0.39 is 5.97 Å². The minimum absolute atomic E-state index is 0.138. The lowest BCUT2D eigenvalue weighted by Gasteiger charge is -2.02. The first-order chi connectivity index (χ1) is 8.19. The number of ether oxygens (including phenoxy) is 1. The molecule has 0 unspecified atom stereocenters. The van der Waals surface area contributed by atoms with Crippen molar-refractivity contribution in [1.29, 1.82) is 0 Å². The lowest BCUT2D eigenvalue weighted by molar-refractivity contribution is 0.0657. The van der Waals surface area contributed by atoms with Crippen molar-refractivity contribution in [3.63, 3.8) is 0 Å². The van der Waals surface area contributed by atoms with Crippen LogP contribution in [0.3, 0.4) is 0 Å². The third-order valence-electron chi connectivity index (χ3n) is 2.07. The van der Waals surface area contributed by atoms with Crippen molar-refractivity contribution in [3.8, 4) is 11.7 Å². The lowest BCUT2D eigenvalue weighted by Crippen LogP contribution is -1.91. The van der Waals surface area contributed by atoms with E-state index in [9.17, 15) is 4.79 Å². The van der Waals surface area contributed by atoms with E-state index in [4.69, 9.17) is 14.3 Å². The van der Waals surface area contributed by atoms with Gasteiger partial charge in [-0.1, -0.05) is 0 Å². The molecule has 17 heavy (non-hydrogen) atoms. The average Bonchev–Trinajstić information content (AvgIpc) is 2.79. The summed E-state index contributed by atoms with van der Waals surface area (Å²) in [5.41, 5.74) is 0. The van der Waals surface area contributed by atoms with Crippen molar-refractivity contribution >= 4 is 17.7 Å². The Balaban J connectivity index is 2.11. The molecule has 0 radical (unpaired) electrons. The lowest BCUT2D eigenvalue weighted by atomic mass is 10.3. The molecule has 0 bridgehead atoms. The average molecular weight is 250 g/mol. The van der Waals surface area contributed by atoms with Gasteiger partial charge in [0.25, 0.3) is 5.95 Å². The molecule has 4 nitrogen and oxygen atoms in total. The number of benzene rings is 1. The SMILES string of the molecule is CSc1ccc(Oc2ccc(C(=O)O)o2)cc1. The quantitative estimate of drug-likeness (QED) is 0.841. The smallest absolute Gasteiger partial charge is 0.371 e. The first kappa shape index (κ1) is 11.6. The Bertz CT molecular complexity index is 516. The second-order valence-corrected chi connectivity index (χ2v) is 4.08. The second kappa shape index (κ2) is 4.97. The Morgan fingerprint density at radius 3 is 2.47 bits per heavy atom. The number of aromatic carboxylic acids is 1. The molecule has 0 saturated heterocycles. The zero-order chi connectivity index (χ0) is 12.3. The highest BCUT2D eigenvalue weighted by molar-refractivity contribution is 7.98. The molecule has 0 saturated carbocycles. The van der Waals surface area contributed by atoms with E-state index in [1.807, 2.05) is 18.4 Å². The predicted molar refractivity (Wildman–Crippen MR) is 64.0 cm³/mol. The van der Waals surface area contributed by atoms with Crippen LogP contribution >= 0.6 is 11.8 Å². The number of carboxylic acids is 1. The van der Waals surface area contributed by atoms with E-state index in [1.165, 1.54) is 12.1 Å². The summed E-state index contributed by atoms with van der Waals surface area (Å²) in [4.78, 5) is 11.7. The number of hydrogen-bond acceptors (Lipinski definition) is 4. The minimum Gasteiger partial charge on any atom is -0.475 e. The molecule has 1 N–H and O–H groups in total. The molecule has 0 aliphatic rings. The number of carboxylic acid groups (broad SMARTS) is 1. The largest absolute Gasteiger partial charge is 0.475 e. The molecular formula is C12H10O4S. The van der Waals surface area contributed by atoms with E-state index in [0.717, 1.165) is 4.90 Å². The zero-order valence-electron chi connectivity index (χ0n) is 9.04. The summed E-state index contributed by atoms with van der Waals surface area (Å²) in [5.74, 6) is -0.480. The molecule has 0 aliphatic carbocycles. The monoisotopic (exact) mass is 250 g/mol. The third kappa shape index (κ3) is 2.82. The molecule has 0 aliphatic heterocycles. The maximum absolute atomic E-state index is 10.6. The van der Waals surface area contributed by atoms with E-state index in [1.54, 1.807) is 23.9 Å². The highest BCUT2D eigenvalue weighted by atomic mass is 32.2. The maximum Gasteiger partial charge on any atom is 0.371 e. The van der Waals surface area contributed by atoms with Gasteiger partial charge in [0.1, 0.15) is 5.75 Å². The molecule has 88 valence electrons. The standard InChI is InChI=1S/C12H10O4S/c1-17-9-4-2-8(3-5-9)15-11-7-6-10(16-11)12(13)14/h2-7H,1H3,(H,13,14). The normalized spacial score (nSPS) is 10.2. The Kier molecular flexibility index (Phi) is 3.39. The van der Waals surface area contributed by atoms with E-state index in [-0.39, 0.29) is 11.7 Å². The summed E-state index contributed by atoms with van der Waals surface area (Å²) < 4.78 is 10.3. The third-order valence-corrected chi connectivity index (χ3v) is 2.81. The highest BCUT2D eigenvalue weighted by Crippen LogP contribution is 2.25. The number of hydrogen-bond donors (Lipinski definition) is 1. The molecule has 0 spiro atoms. The van der Waals surface area contributed by atoms with Crippen LogP contribution in [0, 0.1) is 0 Å². The topological polar surface area (TPSA) is 59.7 Å². The van der Waals surface area contributed by atoms with Crippen LogP contribution in [-0.4, -0.2) is 17.3 Å². The van der Waals surface area contributed by atoms with Crippen LogP contribution in [0.5, 0.6) is 11.7 Å². The van der Waals surface area contributed by atoms with Crippen molar-refractivity contribution in [3.05, 3.63) is 42.2 Å². The van der Waals surface area contributed by atoms with Crippen LogP contribution < -0.4 is 4.74 Å². The molecular weight excluding hydrogens is 240 g/mol. The fraction of sp³-hybridized carbons (Fsp3) is 0.0833. The van der Waals surface area contributed by atoms with Crippen LogP contribution in [0.25, 0.3) is 0 Å². The van der Waals surface area contributed by atoms with Crippen LogP contribution in [0.1, 0.15) is 10.6 Å². The summed E-state index contributed by atoms with van der Waals surface area (Å²) in [6.07, 6.45) is 1.99. The number of carbonyl (C=O) groups is 1. The molecule has 1 aromatic heterocycles. The van der Waals surface area contributed by atoms with Gasteiger partial charge < -0.3 is 14.3 Å². The fourth-order valence-electron chi connectivity index (χ4n) is 1.25. The molecule has 2 rings (SSSR count). The van der Waals surface area contributed by atoms with Gasteiger partial charge in [0, 0.05) is 11.0 Å². The number of furan rings is 1. The van der Waals surface area contributed by atoms with Crippen LogP contribution in [0.2, 0.25) is 0 Å². The predicted octanol–water partition coefficient (Wildman–Crippen LogP) is 3.49. The number of rotatable bonds is 4. The maximum atomic E-state index is 10.6. The second-order valence-electron chi connectivity index (χ2n) is 3.20. The van der Waals surface area contributed by atoms with Crippen LogP contribution in [0.15, 0.2) is 45.7 Å². The van der Waals surface area contributed by atoms with E-state index in [2.05, 4.69) is 0 Å². The Labute approximate surface area is 102 Å². The molecule has 0 fully saturated rings. The Hall–Kier alpha value is -1.88. The first-order valence-electron chi connectivity index (χ1n) is 4.84. The van der Waals surface area contributed by atoms with E-state index in [0.29, 0.717) is 5.75 Å². The summed E-state index contributed by atoms with van der Waals surface area (Å²) in [6.45, 7) is 0. The van der Waals surface area contributed by atoms with Crippen molar-refractivity contribution in [2.75, 3.05) is 6.26 Å². The molecule has 1 aromatic carbocycles. The summed E-state index contributed by atoms with van der Waals surface area (Å²) >= 11 is 1.64. The van der Waals surface area contributed by atoms with Gasteiger partial charge in [0.05, 0.1) is 0 Å². The summed E-state index contributed by atoms with van der Waals surface area (Å²) in [5, 5.41) is 8.68. The fourth-order valence-corrected chi connectivity index (χ4v) is 1.66. The van der Waals surface area contributed by atoms with Gasteiger partial charge >= 0.3 is 5.97 Å². The summed E-state index contributed by atoms with van der Waals surface area (Å²) in [6, 6.07) is 10.3. The highest BCUT2D eigenvalue weighted by Gasteiger charge is 2.10. The zero-order valence-corrected chi connectivity index (χ0v) is 9.86. The van der Waals surface area contributed by atoms with Gasteiger partial charge in [0.15, 0.2) is 0 Å². The minimum atomic E-state index is -1.11. The van der Waals surface area contributed by atoms with Gasteiger partial charge in [-0.15, -0.1) is 11.8 Å². The van der Waals surface area contributed by atoms with Crippen LogP contribution in [-0.2, 0) is 0 Å². The van der Waals surface area contributed by atoms with Crippen molar-refractivity contribution < 1.29 is 19.1 Å². The van der Waals surface area contributed by atoms with Crippen molar-refractivity contribution in [1.82, 2.24) is 0 Å². The van der Waals surface area contributed by atoms with Crippen molar-refractivity contribution in [2.45, 2.75) is 4.90 Å². The molecule has 0 atom stereocenters. The van der Waals surface area contributed by atoms with Gasteiger partial charge in [-0.25, -0.2) is 4.79 Å². The van der Waals surface area contributed by atoms with Crippen LogP contribution in [0.4, 0.5) is 0 Å². The van der Waals surface area contributed by atoms with Gasteiger partial charge in [-0.05, 0) is 36.6 Å². The Morgan fingerprint density at radius 2 is 1.94 bits per heavy atom. The molecule has 0 amide bonds.